The molecule has 0 spiro atoms. The summed E-state index contributed by atoms with van der Waals surface area (Å²) >= 11 is 6.06. The number of halogens is 1. The number of ether oxygens (including phenoxy) is 1. The number of nitrogens with zero attached hydrogens (tertiary/aromatic N) is 3. The third-order valence-electron chi connectivity index (χ3n) is 6.01. The highest BCUT2D eigenvalue weighted by molar-refractivity contribution is 6.30. The lowest BCUT2D eigenvalue weighted by atomic mass is 9.94. The number of amides is 4. The fourth-order valence-corrected chi connectivity index (χ4v) is 4.37. The van der Waals surface area contributed by atoms with Crippen LogP contribution in [0.4, 0.5) is 9.59 Å². The smallest absolute Gasteiger partial charge is 0.338 e. The number of likely N-dealkylation sites (N-methyl/N-ethyl adjacent to an activating group) is 1. The predicted molar refractivity (Wildman–Crippen MR) is 135 cm³/mol. The molecule has 0 saturated carbocycles. The molecule has 0 aliphatic carbocycles. The van der Waals surface area contributed by atoms with Gasteiger partial charge in [0, 0.05) is 56.0 Å². The van der Waals surface area contributed by atoms with E-state index in [0.717, 1.165) is 18.5 Å². The fourth-order valence-electron chi connectivity index (χ4n) is 4.25. The Bertz CT molecular complexity index is 973. The van der Waals surface area contributed by atoms with E-state index in [0.29, 0.717) is 42.5 Å². The van der Waals surface area contributed by atoms with Crippen LogP contribution in [-0.4, -0.2) is 84.6 Å². The monoisotopic (exact) mass is 505 g/mol. The lowest BCUT2D eigenvalue weighted by Crippen LogP contribution is -2.50. The predicted octanol–water partition coefficient (Wildman–Crippen LogP) is 3.37. The van der Waals surface area contributed by atoms with Gasteiger partial charge in [0.15, 0.2) is 0 Å². The second kappa shape index (κ2) is 11.3. The van der Waals surface area contributed by atoms with Crippen molar-refractivity contribution in [3.63, 3.8) is 0 Å². The molecule has 1 fully saturated rings. The van der Waals surface area contributed by atoms with Gasteiger partial charge in [-0.25, -0.2) is 14.4 Å². The van der Waals surface area contributed by atoms with E-state index in [1.54, 1.807) is 38.2 Å². The van der Waals surface area contributed by atoms with E-state index in [-0.39, 0.29) is 24.2 Å². The molecule has 0 radical (unpaired) electrons. The highest BCUT2D eigenvalue weighted by Gasteiger charge is 2.37. The molecular formula is C25H36ClN5O4. The minimum Gasteiger partial charge on any atom is -0.463 e. The first-order chi connectivity index (χ1) is 16.5. The summed E-state index contributed by atoms with van der Waals surface area (Å²) in [5.41, 5.74) is 1.44. The van der Waals surface area contributed by atoms with Crippen LogP contribution in [0.5, 0.6) is 0 Å². The summed E-state index contributed by atoms with van der Waals surface area (Å²) in [7, 11) is 1.66. The molecule has 0 aromatic heterocycles. The molecule has 1 aromatic rings. The van der Waals surface area contributed by atoms with E-state index >= 15 is 0 Å². The zero-order valence-corrected chi connectivity index (χ0v) is 21.9. The average Bonchev–Trinajstić information content (AvgIpc) is 3.02. The van der Waals surface area contributed by atoms with Crippen molar-refractivity contribution in [3.8, 4) is 0 Å². The second-order valence-corrected chi connectivity index (χ2v) is 10.3. The molecule has 2 N–H and O–H groups in total. The molecular weight excluding hydrogens is 470 g/mol. The van der Waals surface area contributed by atoms with Crippen LogP contribution in [0.2, 0.25) is 5.02 Å². The van der Waals surface area contributed by atoms with E-state index < -0.39 is 12.0 Å². The van der Waals surface area contributed by atoms with Crippen LogP contribution >= 0.6 is 11.6 Å². The van der Waals surface area contributed by atoms with Gasteiger partial charge in [-0.3, -0.25) is 9.80 Å². The molecule has 35 heavy (non-hydrogen) atoms. The highest BCUT2D eigenvalue weighted by Crippen LogP contribution is 2.32. The van der Waals surface area contributed by atoms with Crippen molar-refractivity contribution < 1.29 is 19.1 Å². The fraction of sp³-hybridized carbons (Fsp3) is 0.560. The molecule has 1 atom stereocenters. The van der Waals surface area contributed by atoms with Crippen LogP contribution in [0, 0.1) is 0 Å². The molecule has 1 saturated heterocycles. The summed E-state index contributed by atoms with van der Waals surface area (Å²) < 4.78 is 5.40. The van der Waals surface area contributed by atoms with Crippen LogP contribution in [0.25, 0.3) is 0 Å². The number of hydrogen-bond donors (Lipinski definition) is 2. The Labute approximate surface area is 212 Å². The Morgan fingerprint density at radius 2 is 1.83 bits per heavy atom. The number of benzene rings is 1. The lowest BCUT2D eigenvalue weighted by Gasteiger charge is -2.36. The standard InChI is InChI=1S/C25H36ClN5O4/c1-6-35-22(32)20-19(29(5)23(33)27-21(20)17-8-10-18(26)11-9-17)16-30-12-7-13-31(15-14-30)24(34)28-25(2,3)4/h8-11,21H,6-7,12-16H2,1-5H3,(H,27,33)(H,28,34)/t21-/m1/s1. The van der Waals surface area contributed by atoms with Gasteiger partial charge in [0.2, 0.25) is 0 Å². The molecule has 1 aromatic carbocycles. The van der Waals surface area contributed by atoms with Gasteiger partial charge in [-0.15, -0.1) is 0 Å². The Morgan fingerprint density at radius 3 is 2.46 bits per heavy atom. The van der Waals surface area contributed by atoms with Gasteiger partial charge in [-0.05, 0) is 51.8 Å². The Balaban J connectivity index is 1.87. The summed E-state index contributed by atoms with van der Waals surface area (Å²) in [6, 6.07) is 6.04. The Morgan fingerprint density at radius 1 is 1.14 bits per heavy atom. The van der Waals surface area contributed by atoms with Crippen molar-refractivity contribution in [1.29, 1.82) is 0 Å². The largest absolute Gasteiger partial charge is 0.463 e. The summed E-state index contributed by atoms with van der Waals surface area (Å²) in [4.78, 5) is 44.1. The summed E-state index contributed by atoms with van der Waals surface area (Å²) in [6.07, 6.45) is 0.788. The Kier molecular flexibility index (Phi) is 8.66. The molecule has 2 aliphatic rings. The van der Waals surface area contributed by atoms with Crippen LogP contribution in [-0.2, 0) is 9.53 Å². The SMILES string of the molecule is CCOC(=O)C1=C(CN2CCCN(C(=O)NC(C)(C)C)CC2)N(C)C(=O)N[C@@H]1c1ccc(Cl)cc1. The highest BCUT2D eigenvalue weighted by atomic mass is 35.5. The van der Waals surface area contributed by atoms with Crippen molar-refractivity contribution in [2.45, 2.75) is 45.7 Å². The molecule has 10 heteroatoms. The average molecular weight is 506 g/mol. The quantitative estimate of drug-likeness (QED) is 0.598. The van der Waals surface area contributed by atoms with Gasteiger partial charge in [0.25, 0.3) is 0 Å². The van der Waals surface area contributed by atoms with Crippen LogP contribution < -0.4 is 10.6 Å². The normalized spacial score (nSPS) is 19.8. The molecule has 3 rings (SSSR count). The Hall–Kier alpha value is -2.78. The van der Waals surface area contributed by atoms with Gasteiger partial charge in [0.1, 0.15) is 0 Å². The minimum absolute atomic E-state index is 0.0808. The number of esters is 1. The van der Waals surface area contributed by atoms with E-state index in [1.807, 2.05) is 25.7 Å². The summed E-state index contributed by atoms with van der Waals surface area (Å²) in [5, 5.41) is 6.51. The molecule has 0 unspecified atom stereocenters. The van der Waals surface area contributed by atoms with Gasteiger partial charge in [0.05, 0.1) is 18.2 Å². The molecule has 192 valence electrons. The molecule has 9 nitrogen and oxygen atoms in total. The zero-order chi connectivity index (χ0) is 25.8. The molecule has 4 amide bonds. The number of carbonyl (C=O) groups is 3. The maximum atomic E-state index is 13.1. The van der Waals surface area contributed by atoms with Crippen molar-refractivity contribution in [1.82, 2.24) is 25.3 Å². The van der Waals surface area contributed by atoms with Crippen LogP contribution in [0.15, 0.2) is 35.5 Å². The van der Waals surface area contributed by atoms with E-state index in [9.17, 15) is 14.4 Å². The van der Waals surface area contributed by atoms with Gasteiger partial charge >= 0.3 is 18.0 Å². The van der Waals surface area contributed by atoms with Gasteiger partial charge < -0.3 is 20.3 Å². The summed E-state index contributed by atoms with van der Waals surface area (Å²) in [6.45, 7) is 10.8. The minimum atomic E-state index is -0.647. The first-order valence-corrected chi connectivity index (χ1v) is 12.4. The van der Waals surface area contributed by atoms with Crippen LogP contribution in [0.1, 0.15) is 45.7 Å². The number of hydrogen-bond acceptors (Lipinski definition) is 5. The maximum absolute atomic E-state index is 13.1. The van der Waals surface area contributed by atoms with E-state index in [1.165, 1.54) is 4.90 Å². The van der Waals surface area contributed by atoms with E-state index in [2.05, 4.69) is 15.5 Å². The lowest BCUT2D eigenvalue weighted by molar-refractivity contribution is -0.139. The molecule has 0 bridgehead atoms. The third kappa shape index (κ3) is 6.89. The van der Waals surface area contributed by atoms with Crippen LogP contribution in [0.3, 0.4) is 0 Å². The van der Waals surface area contributed by atoms with Gasteiger partial charge in [-0.2, -0.15) is 0 Å². The first-order valence-electron chi connectivity index (χ1n) is 12.0. The third-order valence-corrected chi connectivity index (χ3v) is 6.26. The van der Waals surface area contributed by atoms with Gasteiger partial charge in [-0.1, -0.05) is 23.7 Å². The number of rotatable bonds is 5. The maximum Gasteiger partial charge on any atom is 0.338 e. The number of urea groups is 2. The summed E-state index contributed by atoms with van der Waals surface area (Å²) in [5.74, 6) is -0.463. The zero-order valence-electron chi connectivity index (χ0n) is 21.2. The van der Waals surface area contributed by atoms with Crippen molar-refractivity contribution in [2.24, 2.45) is 0 Å². The topological polar surface area (TPSA) is 94.2 Å². The van der Waals surface area contributed by atoms with Crippen molar-refractivity contribution in [3.05, 3.63) is 46.1 Å². The van der Waals surface area contributed by atoms with Crippen molar-refractivity contribution in [2.75, 3.05) is 46.4 Å². The van der Waals surface area contributed by atoms with E-state index in [4.69, 9.17) is 16.3 Å². The second-order valence-electron chi connectivity index (χ2n) is 9.87. The first kappa shape index (κ1) is 26.8. The number of nitrogens with one attached hydrogen (secondary N) is 2. The van der Waals surface area contributed by atoms with Crippen molar-refractivity contribution >= 4 is 29.6 Å². The number of carbonyl (C=O) groups excluding carboxylic acids is 3. The molecule has 2 heterocycles. The molecule has 2 aliphatic heterocycles.